The van der Waals surface area contributed by atoms with Crippen molar-refractivity contribution in [1.82, 2.24) is 0 Å². The Morgan fingerprint density at radius 1 is 1.38 bits per heavy atom. The van der Waals surface area contributed by atoms with Crippen LogP contribution in [0.2, 0.25) is 0 Å². The molecule has 0 atom stereocenters. The second kappa shape index (κ2) is 3.96. The zero-order valence-corrected chi connectivity index (χ0v) is 8.07. The fraction of sp³-hybridized carbons (Fsp3) is 0.333. The number of halogens is 2. The van der Waals surface area contributed by atoms with Crippen LogP contribution in [0.15, 0.2) is 29.2 Å². The van der Waals surface area contributed by atoms with Crippen LogP contribution in [0.1, 0.15) is 6.92 Å². The highest BCUT2D eigenvalue weighted by molar-refractivity contribution is 7.99. The SMILES string of the molecule is CC(F)(F)CSc1ccccc1N. The molecule has 1 aromatic rings. The Balaban J connectivity index is 2.60. The summed E-state index contributed by atoms with van der Waals surface area (Å²) in [5.41, 5.74) is 6.14. The van der Waals surface area contributed by atoms with Crippen LogP contribution < -0.4 is 5.73 Å². The van der Waals surface area contributed by atoms with Crippen molar-refractivity contribution in [2.75, 3.05) is 11.5 Å². The van der Waals surface area contributed by atoms with Crippen molar-refractivity contribution < 1.29 is 8.78 Å². The van der Waals surface area contributed by atoms with Gasteiger partial charge in [-0.2, -0.15) is 0 Å². The molecule has 0 aliphatic heterocycles. The zero-order valence-electron chi connectivity index (χ0n) is 7.26. The molecule has 13 heavy (non-hydrogen) atoms. The van der Waals surface area contributed by atoms with Gasteiger partial charge in [0.15, 0.2) is 0 Å². The van der Waals surface area contributed by atoms with Crippen LogP contribution in [0, 0.1) is 0 Å². The number of anilines is 1. The summed E-state index contributed by atoms with van der Waals surface area (Å²) in [7, 11) is 0. The van der Waals surface area contributed by atoms with Crippen LogP contribution in [0.4, 0.5) is 14.5 Å². The number of alkyl halides is 2. The van der Waals surface area contributed by atoms with Gasteiger partial charge in [-0.25, -0.2) is 8.78 Å². The Morgan fingerprint density at radius 3 is 2.54 bits per heavy atom. The fourth-order valence-electron chi connectivity index (χ4n) is 0.816. The first-order valence-electron chi connectivity index (χ1n) is 3.84. The molecule has 4 heteroatoms. The molecule has 0 saturated carbocycles. The normalized spacial score (nSPS) is 11.6. The second-order valence-corrected chi connectivity index (χ2v) is 3.91. The van der Waals surface area contributed by atoms with Gasteiger partial charge in [-0.1, -0.05) is 12.1 Å². The van der Waals surface area contributed by atoms with Gasteiger partial charge < -0.3 is 5.73 Å². The molecule has 0 fully saturated rings. The number of benzene rings is 1. The monoisotopic (exact) mass is 203 g/mol. The Labute approximate surface area is 80.3 Å². The minimum absolute atomic E-state index is 0.235. The van der Waals surface area contributed by atoms with Crippen molar-refractivity contribution >= 4 is 17.4 Å². The quantitative estimate of drug-likeness (QED) is 0.603. The summed E-state index contributed by atoms with van der Waals surface area (Å²) in [5.74, 6) is -2.88. The molecule has 0 amide bonds. The van der Waals surface area contributed by atoms with Gasteiger partial charge in [0.1, 0.15) is 0 Å². The highest BCUT2D eigenvalue weighted by atomic mass is 32.2. The topological polar surface area (TPSA) is 26.0 Å². The molecule has 0 spiro atoms. The molecule has 0 aromatic heterocycles. The summed E-state index contributed by atoms with van der Waals surface area (Å²) in [6.07, 6.45) is 0. The number of nitrogens with two attached hydrogens (primary N) is 1. The average molecular weight is 203 g/mol. The second-order valence-electron chi connectivity index (χ2n) is 2.90. The largest absolute Gasteiger partial charge is 0.398 e. The summed E-state index contributed by atoms with van der Waals surface area (Å²) in [5, 5.41) is 0. The zero-order chi connectivity index (χ0) is 9.90. The van der Waals surface area contributed by atoms with Gasteiger partial charge in [-0.05, 0) is 12.1 Å². The number of rotatable bonds is 3. The van der Waals surface area contributed by atoms with Gasteiger partial charge >= 0.3 is 0 Å². The van der Waals surface area contributed by atoms with E-state index in [0.29, 0.717) is 10.6 Å². The smallest absolute Gasteiger partial charge is 0.254 e. The molecule has 0 aliphatic carbocycles. The Hall–Kier alpha value is -0.770. The maximum absolute atomic E-state index is 12.5. The number of hydrogen-bond acceptors (Lipinski definition) is 2. The lowest BCUT2D eigenvalue weighted by Gasteiger charge is -2.10. The molecule has 0 heterocycles. The molecule has 0 unspecified atom stereocenters. The summed E-state index contributed by atoms with van der Waals surface area (Å²) in [6, 6.07) is 7.01. The van der Waals surface area contributed by atoms with Crippen molar-refractivity contribution in [2.24, 2.45) is 0 Å². The predicted molar refractivity (Wildman–Crippen MR) is 52.2 cm³/mol. The fourth-order valence-corrected chi connectivity index (χ4v) is 1.63. The van der Waals surface area contributed by atoms with E-state index in [1.54, 1.807) is 24.3 Å². The van der Waals surface area contributed by atoms with E-state index in [1.165, 1.54) is 0 Å². The van der Waals surface area contributed by atoms with Crippen molar-refractivity contribution in [2.45, 2.75) is 17.7 Å². The molecule has 2 N–H and O–H groups in total. The lowest BCUT2D eigenvalue weighted by molar-refractivity contribution is 0.0492. The van der Waals surface area contributed by atoms with E-state index in [-0.39, 0.29) is 5.75 Å². The highest BCUT2D eigenvalue weighted by Gasteiger charge is 2.21. The maximum Gasteiger partial charge on any atom is 0.254 e. The summed E-state index contributed by atoms with van der Waals surface area (Å²) < 4.78 is 25.0. The Bertz CT molecular complexity index is 283. The van der Waals surface area contributed by atoms with Crippen molar-refractivity contribution in [1.29, 1.82) is 0 Å². The van der Waals surface area contributed by atoms with Gasteiger partial charge in [0.25, 0.3) is 5.92 Å². The minimum Gasteiger partial charge on any atom is -0.398 e. The third-order valence-electron chi connectivity index (χ3n) is 1.40. The first-order valence-corrected chi connectivity index (χ1v) is 4.83. The molecular formula is C9H11F2NS. The van der Waals surface area contributed by atoms with Gasteiger partial charge in [0, 0.05) is 17.5 Å². The molecule has 0 aliphatic rings. The van der Waals surface area contributed by atoms with E-state index in [9.17, 15) is 8.78 Å². The van der Waals surface area contributed by atoms with Crippen LogP contribution >= 0.6 is 11.8 Å². The van der Waals surface area contributed by atoms with Crippen molar-refractivity contribution in [3.8, 4) is 0 Å². The average Bonchev–Trinajstić information content (AvgIpc) is 2.01. The van der Waals surface area contributed by atoms with E-state index in [4.69, 9.17) is 5.73 Å². The summed E-state index contributed by atoms with van der Waals surface area (Å²) in [6.45, 7) is 0.902. The van der Waals surface area contributed by atoms with Gasteiger partial charge in [0.05, 0.1) is 5.75 Å². The summed E-state index contributed by atoms with van der Waals surface area (Å²) in [4.78, 5) is 0.712. The van der Waals surface area contributed by atoms with Crippen LogP contribution in [0.25, 0.3) is 0 Å². The molecular weight excluding hydrogens is 192 g/mol. The van der Waals surface area contributed by atoms with E-state index in [2.05, 4.69) is 0 Å². The molecule has 1 aromatic carbocycles. The number of para-hydroxylation sites is 1. The maximum atomic E-state index is 12.5. The first kappa shape index (κ1) is 10.3. The van der Waals surface area contributed by atoms with Gasteiger partial charge in [-0.15, -0.1) is 11.8 Å². The number of nitrogen functional groups attached to an aromatic ring is 1. The Kier molecular flexibility index (Phi) is 3.14. The molecule has 0 bridgehead atoms. The number of hydrogen-bond donors (Lipinski definition) is 1. The van der Waals surface area contributed by atoms with Crippen LogP contribution in [0.3, 0.4) is 0 Å². The molecule has 0 saturated heterocycles. The Morgan fingerprint density at radius 2 is 2.00 bits per heavy atom. The van der Waals surface area contributed by atoms with E-state index >= 15 is 0 Å². The first-order chi connectivity index (χ1) is 5.99. The van der Waals surface area contributed by atoms with Gasteiger partial charge in [-0.3, -0.25) is 0 Å². The van der Waals surface area contributed by atoms with Crippen molar-refractivity contribution in [3.05, 3.63) is 24.3 Å². The number of thioether (sulfide) groups is 1. The standard InChI is InChI=1S/C9H11F2NS/c1-9(10,11)6-13-8-5-3-2-4-7(8)12/h2-5H,6,12H2,1H3. The lowest BCUT2D eigenvalue weighted by atomic mass is 10.3. The van der Waals surface area contributed by atoms with E-state index in [0.717, 1.165) is 18.7 Å². The highest BCUT2D eigenvalue weighted by Crippen LogP contribution is 2.29. The predicted octanol–water partition coefficient (Wildman–Crippen LogP) is 3.02. The third-order valence-corrected chi connectivity index (χ3v) is 2.73. The van der Waals surface area contributed by atoms with Crippen LogP contribution in [-0.4, -0.2) is 11.7 Å². The molecule has 0 radical (unpaired) electrons. The van der Waals surface area contributed by atoms with E-state index in [1.807, 2.05) is 0 Å². The van der Waals surface area contributed by atoms with Gasteiger partial charge in [0.2, 0.25) is 0 Å². The van der Waals surface area contributed by atoms with E-state index < -0.39 is 5.92 Å². The third kappa shape index (κ3) is 3.63. The molecule has 1 nitrogen and oxygen atoms in total. The van der Waals surface area contributed by atoms with Crippen LogP contribution in [-0.2, 0) is 0 Å². The molecule has 1 rings (SSSR count). The van der Waals surface area contributed by atoms with Crippen LogP contribution in [0.5, 0.6) is 0 Å². The minimum atomic E-state index is -2.65. The van der Waals surface area contributed by atoms with Crippen molar-refractivity contribution in [3.63, 3.8) is 0 Å². The summed E-state index contributed by atoms with van der Waals surface area (Å²) >= 11 is 1.08. The lowest BCUT2D eigenvalue weighted by Crippen LogP contribution is -2.12. The molecule has 72 valence electrons.